The summed E-state index contributed by atoms with van der Waals surface area (Å²) in [6.45, 7) is 6.30. The van der Waals surface area contributed by atoms with Gasteiger partial charge in [0.25, 0.3) is 0 Å². The second-order valence-corrected chi connectivity index (χ2v) is 7.84. The van der Waals surface area contributed by atoms with E-state index in [0.29, 0.717) is 0 Å². The fourth-order valence-corrected chi connectivity index (χ4v) is 4.59. The second-order valence-electron chi connectivity index (χ2n) is 4.55. The molecule has 1 aromatic carbocycles. The third-order valence-electron chi connectivity index (χ3n) is 3.30. The van der Waals surface area contributed by atoms with E-state index in [-0.39, 0.29) is 0 Å². The highest BCUT2D eigenvalue weighted by atomic mass is 28.3. The molecule has 0 heterocycles. The Labute approximate surface area is 98.9 Å². The monoisotopic (exact) mass is 236 g/mol. The molecule has 0 aromatic heterocycles. The van der Waals surface area contributed by atoms with Crippen molar-refractivity contribution in [1.29, 1.82) is 0 Å². The fraction of sp³-hybridized carbons (Fsp3) is 0.462. The molecule has 0 aliphatic rings. The van der Waals surface area contributed by atoms with Gasteiger partial charge in [-0.25, -0.2) is 0 Å². The molecule has 0 fully saturated rings. The van der Waals surface area contributed by atoms with Crippen molar-refractivity contribution in [2.24, 2.45) is 0 Å². The summed E-state index contributed by atoms with van der Waals surface area (Å²) in [4.78, 5) is 11.7. The van der Waals surface area contributed by atoms with Crippen LogP contribution in [0.3, 0.4) is 0 Å². The molecule has 0 spiro atoms. The van der Waals surface area contributed by atoms with Crippen LogP contribution in [0.25, 0.3) is 0 Å². The smallest absolute Gasteiger partial charge is 0.310 e. The summed E-state index contributed by atoms with van der Waals surface area (Å²) in [6.07, 6.45) is 1.66. The van der Waals surface area contributed by atoms with Crippen molar-refractivity contribution in [1.82, 2.24) is 0 Å². The molecule has 1 N–H and O–H groups in total. The molecular formula is C13H20O2Si. The molecule has 0 bridgehead atoms. The van der Waals surface area contributed by atoms with E-state index in [0.717, 1.165) is 18.4 Å². The van der Waals surface area contributed by atoms with Crippen molar-refractivity contribution in [3.05, 3.63) is 35.9 Å². The number of aliphatic carboxylic acids is 1. The Morgan fingerprint density at radius 3 is 2.25 bits per heavy atom. The second kappa shape index (κ2) is 5.30. The molecule has 1 aromatic rings. The van der Waals surface area contributed by atoms with Crippen molar-refractivity contribution < 1.29 is 9.90 Å². The molecule has 3 heteroatoms. The summed E-state index contributed by atoms with van der Waals surface area (Å²) in [5.41, 5.74) is 0.978. The molecule has 2 nitrogen and oxygen atoms in total. The van der Waals surface area contributed by atoms with Crippen LogP contribution in [0, 0.1) is 0 Å². The van der Waals surface area contributed by atoms with Gasteiger partial charge in [0.1, 0.15) is 0 Å². The van der Waals surface area contributed by atoms with Gasteiger partial charge in [0.15, 0.2) is 0 Å². The number of carboxylic acid groups (broad SMARTS) is 1. The summed E-state index contributed by atoms with van der Waals surface area (Å²) in [7, 11) is -1.32. The van der Waals surface area contributed by atoms with E-state index >= 15 is 0 Å². The van der Waals surface area contributed by atoms with Crippen molar-refractivity contribution in [3.8, 4) is 0 Å². The van der Waals surface area contributed by atoms with Crippen molar-refractivity contribution >= 4 is 14.8 Å². The zero-order chi connectivity index (χ0) is 12.2. The Morgan fingerprint density at radius 1 is 1.31 bits per heavy atom. The van der Waals surface area contributed by atoms with E-state index in [1.54, 1.807) is 0 Å². The van der Waals surface area contributed by atoms with Crippen molar-refractivity contribution in [2.45, 2.75) is 37.9 Å². The Kier molecular flexibility index (Phi) is 4.30. The first-order chi connectivity index (χ1) is 7.55. The van der Waals surface area contributed by atoms with Crippen LogP contribution in [-0.2, 0) is 9.83 Å². The number of benzene rings is 1. The molecule has 0 amide bonds. The fourth-order valence-electron chi connectivity index (χ4n) is 2.37. The highest BCUT2D eigenvalue weighted by Gasteiger charge is 2.42. The lowest BCUT2D eigenvalue weighted by Gasteiger charge is -2.33. The number of rotatable bonds is 5. The normalized spacial score (nSPS) is 14.8. The molecular weight excluding hydrogens is 216 g/mol. The number of carboxylic acids is 1. The van der Waals surface area contributed by atoms with Crippen LogP contribution in [-0.4, -0.2) is 19.9 Å². The van der Waals surface area contributed by atoms with Gasteiger partial charge in [-0.3, -0.25) is 4.79 Å². The van der Waals surface area contributed by atoms with Crippen LogP contribution in [0.15, 0.2) is 30.3 Å². The minimum atomic E-state index is -1.32. The number of carbonyl (C=O) groups is 1. The van der Waals surface area contributed by atoms with Gasteiger partial charge in [0.2, 0.25) is 0 Å². The van der Waals surface area contributed by atoms with E-state index < -0.39 is 19.8 Å². The van der Waals surface area contributed by atoms with E-state index in [1.165, 1.54) is 0 Å². The van der Waals surface area contributed by atoms with E-state index in [2.05, 4.69) is 20.0 Å². The van der Waals surface area contributed by atoms with Crippen molar-refractivity contribution in [2.75, 3.05) is 0 Å². The Balaban J connectivity index is 3.27. The maximum Gasteiger partial charge on any atom is 0.310 e. The first-order valence-electron chi connectivity index (χ1n) is 5.84. The Morgan fingerprint density at radius 2 is 1.88 bits per heavy atom. The quantitative estimate of drug-likeness (QED) is 0.798. The highest BCUT2D eigenvalue weighted by molar-refractivity contribution is 6.63. The van der Waals surface area contributed by atoms with Gasteiger partial charge in [-0.1, -0.05) is 56.8 Å². The minimum absolute atomic E-state index is 0.601. The summed E-state index contributed by atoms with van der Waals surface area (Å²) in [5.74, 6) is -0.651. The van der Waals surface area contributed by atoms with Gasteiger partial charge in [0, 0.05) is 0 Å². The average molecular weight is 236 g/mol. The SMILES string of the molecule is CCCC(C(=O)O)(c1ccccc1)[SiH](C)C. The van der Waals surface area contributed by atoms with Crippen LogP contribution < -0.4 is 0 Å². The zero-order valence-corrected chi connectivity index (χ0v) is 11.4. The van der Waals surface area contributed by atoms with Gasteiger partial charge in [-0.15, -0.1) is 0 Å². The predicted molar refractivity (Wildman–Crippen MR) is 69.5 cm³/mol. The largest absolute Gasteiger partial charge is 0.481 e. The summed E-state index contributed by atoms with van der Waals surface area (Å²) >= 11 is 0. The van der Waals surface area contributed by atoms with Crippen molar-refractivity contribution in [3.63, 3.8) is 0 Å². The van der Waals surface area contributed by atoms with Crippen LogP contribution in [0.2, 0.25) is 13.1 Å². The number of hydrogen-bond acceptors (Lipinski definition) is 1. The van der Waals surface area contributed by atoms with Gasteiger partial charge in [-0.05, 0) is 12.0 Å². The van der Waals surface area contributed by atoms with Gasteiger partial charge >= 0.3 is 5.97 Å². The molecule has 1 atom stereocenters. The van der Waals surface area contributed by atoms with Gasteiger partial charge in [0.05, 0.1) is 13.8 Å². The highest BCUT2D eigenvalue weighted by Crippen LogP contribution is 2.32. The first-order valence-corrected chi connectivity index (χ1v) is 8.73. The lowest BCUT2D eigenvalue weighted by atomic mass is 9.93. The van der Waals surface area contributed by atoms with Crippen LogP contribution in [0.5, 0.6) is 0 Å². The zero-order valence-electron chi connectivity index (χ0n) is 10.2. The minimum Gasteiger partial charge on any atom is -0.481 e. The maximum atomic E-state index is 11.7. The average Bonchev–Trinajstić information content (AvgIpc) is 2.26. The Hall–Kier alpha value is -1.09. The first kappa shape index (κ1) is 13.0. The lowest BCUT2D eigenvalue weighted by Crippen LogP contribution is -2.46. The standard InChI is InChI=1S/C13H20O2Si/c1-4-10-13(12(14)15,16(2)3)11-8-6-5-7-9-11/h5-9,16H,4,10H2,1-3H3,(H,14,15). The van der Waals surface area contributed by atoms with Gasteiger partial charge in [-0.2, -0.15) is 0 Å². The van der Waals surface area contributed by atoms with Crippen LogP contribution in [0.4, 0.5) is 0 Å². The molecule has 1 unspecified atom stereocenters. The van der Waals surface area contributed by atoms with Gasteiger partial charge < -0.3 is 5.11 Å². The molecule has 0 aliphatic heterocycles. The predicted octanol–water partition coefficient (Wildman–Crippen LogP) is 2.84. The summed E-state index contributed by atoms with van der Waals surface area (Å²) in [5, 5.41) is 9.01. The topological polar surface area (TPSA) is 37.3 Å². The van der Waals surface area contributed by atoms with Crippen LogP contribution >= 0.6 is 0 Å². The van der Waals surface area contributed by atoms with Crippen LogP contribution in [0.1, 0.15) is 25.3 Å². The molecule has 1 rings (SSSR count). The van der Waals surface area contributed by atoms with E-state index in [9.17, 15) is 9.90 Å². The number of hydrogen-bond donors (Lipinski definition) is 1. The van der Waals surface area contributed by atoms with E-state index in [1.807, 2.05) is 30.3 Å². The summed E-state index contributed by atoms with van der Waals surface area (Å²) in [6, 6.07) is 9.70. The molecule has 0 aliphatic carbocycles. The molecule has 0 saturated carbocycles. The maximum absolute atomic E-state index is 11.7. The Bertz CT molecular complexity index is 348. The molecule has 0 saturated heterocycles. The molecule has 16 heavy (non-hydrogen) atoms. The summed E-state index contributed by atoms with van der Waals surface area (Å²) < 4.78 is 0. The molecule has 0 radical (unpaired) electrons. The third-order valence-corrected chi connectivity index (χ3v) is 6.14. The third kappa shape index (κ3) is 2.19. The van der Waals surface area contributed by atoms with E-state index in [4.69, 9.17) is 0 Å². The lowest BCUT2D eigenvalue weighted by molar-refractivity contribution is -0.141. The molecule has 88 valence electrons.